The van der Waals surface area contributed by atoms with Gasteiger partial charge in [0.1, 0.15) is 0 Å². The van der Waals surface area contributed by atoms with E-state index in [-0.39, 0.29) is 11.8 Å². The summed E-state index contributed by atoms with van der Waals surface area (Å²) in [6.45, 7) is 2.57. The minimum absolute atomic E-state index is 0.0390. The lowest BCUT2D eigenvalue weighted by Crippen LogP contribution is -2.54. The van der Waals surface area contributed by atoms with Crippen molar-refractivity contribution in [3.8, 4) is 0 Å². The molecule has 0 radical (unpaired) electrons. The third kappa shape index (κ3) is 5.68. The Kier molecular flexibility index (Phi) is 7.70. The molecule has 1 atom stereocenters. The highest BCUT2D eigenvalue weighted by Crippen LogP contribution is 2.28. The smallest absolute Gasteiger partial charge is 0.239 e. The summed E-state index contributed by atoms with van der Waals surface area (Å²) < 4.78 is 0. The van der Waals surface area contributed by atoms with Crippen molar-refractivity contribution in [2.45, 2.75) is 51.0 Å². The highest BCUT2D eigenvalue weighted by molar-refractivity contribution is 7.98. The van der Waals surface area contributed by atoms with Crippen LogP contribution in [-0.4, -0.2) is 65.8 Å². The predicted molar refractivity (Wildman–Crippen MR) is 95.3 cm³/mol. The second-order valence-corrected chi connectivity index (χ2v) is 7.77. The normalized spacial score (nSPS) is 20.8. The molecule has 1 heterocycles. The lowest BCUT2D eigenvalue weighted by Gasteiger charge is -2.36. The summed E-state index contributed by atoms with van der Waals surface area (Å²) in [6.07, 6.45) is 9.71. The molecular weight excluding hydrogens is 310 g/mol. The van der Waals surface area contributed by atoms with Crippen molar-refractivity contribution in [2.24, 2.45) is 11.7 Å². The van der Waals surface area contributed by atoms with Gasteiger partial charge in [0.05, 0.1) is 6.04 Å². The number of nitrogens with zero attached hydrogens (tertiary/aromatic N) is 2. The van der Waals surface area contributed by atoms with Crippen molar-refractivity contribution in [1.29, 1.82) is 0 Å². The van der Waals surface area contributed by atoms with Gasteiger partial charge in [-0.25, -0.2) is 0 Å². The molecule has 2 rings (SSSR count). The van der Waals surface area contributed by atoms with Gasteiger partial charge in [0.25, 0.3) is 0 Å². The van der Waals surface area contributed by atoms with Crippen LogP contribution in [-0.2, 0) is 9.59 Å². The van der Waals surface area contributed by atoms with Gasteiger partial charge in [-0.3, -0.25) is 9.59 Å². The molecule has 1 aliphatic carbocycles. The fourth-order valence-electron chi connectivity index (χ4n) is 3.56. The van der Waals surface area contributed by atoms with E-state index in [0.29, 0.717) is 32.6 Å². The molecule has 5 nitrogen and oxygen atoms in total. The number of rotatable bonds is 7. The molecule has 1 saturated carbocycles. The molecule has 2 N–H and O–H groups in total. The van der Waals surface area contributed by atoms with Crippen LogP contribution in [0.15, 0.2) is 0 Å². The third-order valence-corrected chi connectivity index (χ3v) is 5.78. The summed E-state index contributed by atoms with van der Waals surface area (Å²) in [7, 11) is 0. The van der Waals surface area contributed by atoms with Crippen molar-refractivity contribution in [3.05, 3.63) is 0 Å². The first-order valence-electron chi connectivity index (χ1n) is 8.93. The molecule has 2 aliphatic rings. The molecule has 0 bridgehead atoms. The first kappa shape index (κ1) is 18.6. The van der Waals surface area contributed by atoms with Crippen LogP contribution in [0.1, 0.15) is 44.9 Å². The molecule has 6 heteroatoms. The maximum Gasteiger partial charge on any atom is 0.239 e. The monoisotopic (exact) mass is 341 g/mol. The van der Waals surface area contributed by atoms with Gasteiger partial charge in [0.2, 0.25) is 11.8 Å². The van der Waals surface area contributed by atoms with Crippen molar-refractivity contribution >= 4 is 23.6 Å². The highest BCUT2D eigenvalue weighted by atomic mass is 32.2. The average Bonchev–Trinajstić information content (AvgIpc) is 3.10. The fourth-order valence-corrected chi connectivity index (χ4v) is 4.05. The molecule has 1 aliphatic heterocycles. The predicted octanol–water partition coefficient (Wildman–Crippen LogP) is 1.71. The fraction of sp³-hybridized carbons (Fsp3) is 0.882. The van der Waals surface area contributed by atoms with Crippen LogP contribution in [0, 0.1) is 5.92 Å². The standard InChI is InChI=1S/C17H31N3O2S/c1-23-13-8-15(18)17(22)20-11-9-19(10-12-20)16(21)7-6-14-4-2-3-5-14/h14-15H,2-13,18H2,1H3/t15-/m0/s1. The largest absolute Gasteiger partial charge is 0.339 e. The Hall–Kier alpha value is -0.750. The summed E-state index contributed by atoms with van der Waals surface area (Å²) in [6, 6.07) is -0.396. The van der Waals surface area contributed by atoms with Crippen molar-refractivity contribution in [3.63, 3.8) is 0 Å². The van der Waals surface area contributed by atoms with E-state index in [2.05, 4.69) is 0 Å². The van der Waals surface area contributed by atoms with Gasteiger partial charge in [-0.15, -0.1) is 0 Å². The van der Waals surface area contributed by atoms with Crippen molar-refractivity contribution < 1.29 is 9.59 Å². The molecule has 0 spiro atoms. The van der Waals surface area contributed by atoms with Gasteiger partial charge >= 0.3 is 0 Å². The summed E-state index contributed by atoms with van der Waals surface area (Å²) in [4.78, 5) is 28.3. The Morgan fingerprint density at radius 1 is 1.13 bits per heavy atom. The van der Waals surface area contributed by atoms with Crippen molar-refractivity contribution in [1.82, 2.24) is 9.80 Å². The van der Waals surface area contributed by atoms with Crippen LogP contribution >= 0.6 is 11.8 Å². The maximum atomic E-state index is 12.3. The van der Waals surface area contributed by atoms with E-state index >= 15 is 0 Å². The molecule has 2 fully saturated rings. The van der Waals surface area contributed by atoms with Crippen LogP contribution < -0.4 is 5.73 Å². The number of hydrogen-bond donors (Lipinski definition) is 1. The van der Waals surface area contributed by atoms with Gasteiger partial charge in [-0.05, 0) is 30.8 Å². The molecular formula is C17H31N3O2S. The first-order chi connectivity index (χ1) is 11.1. The number of carbonyl (C=O) groups excluding carboxylic acids is 2. The second kappa shape index (κ2) is 9.52. The Morgan fingerprint density at radius 3 is 2.35 bits per heavy atom. The Bertz CT molecular complexity index is 391. The van der Waals surface area contributed by atoms with Crippen molar-refractivity contribution in [2.75, 3.05) is 38.2 Å². The highest BCUT2D eigenvalue weighted by Gasteiger charge is 2.27. The second-order valence-electron chi connectivity index (χ2n) is 6.78. The number of carbonyl (C=O) groups is 2. The molecule has 1 saturated heterocycles. The first-order valence-corrected chi connectivity index (χ1v) is 10.3. The summed E-state index contributed by atoms with van der Waals surface area (Å²) in [5, 5.41) is 0. The maximum absolute atomic E-state index is 12.3. The zero-order valence-electron chi connectivity index (χ0n) is 14.3. The SMILES string of the molecule is CSCC[C@H](N)C(=O)N1CCN(C(=O)CCC2CCCC2)CC1. The quantitative estimate of drug-likeness (QED) is 0.765. The van der Waals surface area contributed by atoms with E-state index in [1.54, 1.807) is 11.8 Å². The molecule has 0 aromatic heterocycles. The molecule has 23 heavy (non-hydrogen) atoms. The summed E-state index contributed by atoms with van der Waals surface area (Å²) in [5.41, 5.74) is 5.96. The van der Waals surface area contributed by atoms with Crippen LogP contribution in [0.4, 0.5) is 0 Å². The number of piperazine rings is 1. The zero-order chi connectivity index (χ0) is 16.7. The summed E-state index contributed by atoms with van der Waals surface area (Å²) in [5.74, 6) is 1.97. The number of thioether (sulfide) groups is 1. The van der Waals surface area contributed by atoms with Gasteiger partial charge in [-0.2, -0.15) is 11.8 Å². The topological polar surface area (TPSA) is 66.6 Å². The van der Waals surface area contributed by atoms with E-state index < -0.39 is 6.04 Å². The molecule has 0 aromatic carbocycles. The lowest BCUT2D eigenvalue weighted by atomic mass is 10.0. The molecule has 132 valence electrons. The van der Waals surface area contributed by atoms with Crippen LogP contribution in [0.5, 0.6) is 0 Å². The van der Waals surface area contributed by atoms with Gasteiger partial charge in [-0.1, -0.05) is 25.7 Å². The number of hydrogen-bond acceptors (Lipinski definition) is 4. The number of nitrogens with two attached hydrogens (primary N) is 1. The minimum atomic E-state index is -0.396. The Balaban J connectivity index is 1.68. The van der Waals surface area contributed by atoms with Crippen LogP contribution in [0.2, 0.25) is 0 Å². The van der Waals surface area contributed by atoms with Gasteiger partial charge < -0.3 is 15.5 Å². The van der Waals surface area contributed by atoms with Crippen LogP contribution in [0.25, 0.3) is 0 Å². The lowest BCUT2D eigenvalue weighted by molar-refractivity contribution is -0.140. The van der Waals surface area contributed by atoms with E-state index in [0.717, 1.165) is 24.5 Å². The third-order valence-electron chi connectivity index (χ3n) is 5.14. The molecule has 0 unspecified atom stereocenters. The van der Waals surface area contributed by atoms with E-state index in [1.807, 2.05) is 16.1 Å². The van der Waals surface area contributed by atoms with Gasteiger partial charge in [0, 0.05) is 32.6 Å². The zero-order valence-corrected chi connectivity index (χ0v) is 15.2. The average molecular weight is 342 g/mol. The Morgan fingerprint density at radius 2 is 1.74 bits per heavy atom. The number of amides is 2. The van der Waals surface area contributed by atoms with Gasteiger partial charge in [0.15, 0.2) is 0 Å². The molecule has 0 aromatic rings. The minimum Gasteiger partial charge on any atom is -0.339 e. The van der Waals surface area contributed by atoms with Crippen LogP contribution in [0.3, 0.4) is 0 Å². The Labute approximate surface area is 144 Å². The van der Waals surface area contributed by atoms with E-state index in [4.69, 9.17) is 5.73 Å². The molecule has 2 amide bonds. The van der Waals surface area contributed by atoms with E-state index in [1.165, 1.54) is 25.7 Å². The van der Waals surface area contributed by atoms with E-state index in [9.17, 15) is 9.59 Å². The summed E-state index contributed by atoms with van der Waals surface area (Å²) >= 11 is 1.71.